The maximum atomic E-state index is 11.0. The molecule has 0 atom stereocenters. The Morgan fingerprint density at radius 3 is 2.53 bits per heavy atom. The predicted octanol–water partition coefficient (Wildman–Crippen LogP) is 1.97. The van der Waals surface area contributed by atoms with Crippen molar-refractivity contribution in [1.82, 2.24) is 0 Å². The lowest BCUT2D eigenvalue weighted by Gasteiger charge is -2.14. The summed E-state index contributed by atoms with van der Waals surface area (Å²) in [5.74, 6) is -0.282. The van der Waals surface area contributed by atoms with Crippen molar-refractivity contribution in [3.63, 3.8) is 0 Å². The SMILES string of the molecule is C=CCOc1c(OC)ccc(C(=O)O)c1OC. The van der Waals surface area contributed by atoms with Crippen molar-refractivity contribution in [3.8, 4) is 17.2 Å². The lowest BCUT2D eigenvalue weighted by atomic mass is 10.1. The zero-order valence-corrected chi connectivity index (χ0v) is 9.73. The number of aromatic carboxylic acids is 1. The Morgan fingerprint density at radius 2 is 2.06 bits per heavy atom. The molecule has 0 radical (unpaired) electrons. The van der Waals surface area contributed by atoms with E-state index in [9.17, 15) is 4.79 Å². The molecule has 0 spiro atoms. The van der Waals surface area contributed by atoms with E-state index in [1.165, 1.54) is 26.4 Å². The van der Waals surface area contributed by atoms with Gasteiger partial charge in [-0.3, -0.25) is 0 Å². The quantitative estimate of drug-likeness (QED) is 0.767. The number of hydrogen-bond donors (Lipinski definition) is 1. The summed E-state index contributed by atoms with van der Waals surface area (Å²) in [5, 5.41) is 9.01. The first-order chi connectivity index (χ1) is 8.15. The summed E-state index contributed by atoms with van der Waals surface area (Å²) >= 11 is 0. The van der Waals surface area contributed by atoms with Gasteiger partial charge in [0.15, 0.2) is 11.5 Å². The van der Waals surface area contributed by atoms with E-state index in [1.807, 2.05) is 0 Å². The van der Waals surface area contributed by atoms with Gasteiger partial charge in [0.05, 0.1) is 14.2 Å². The fraction of sp³-hybridized carbons (Fsp3) is 0.250. The van der Waals surface area contributed by atoms with Crippen LogP contribution in [0.3, 0.4) is 0 Å². The van der Waals surface area contributed by atoms with Crippen molar-refractivity contribution in [2.24, 2.45) is 0 Å². The number of carboxylic acids is 1. The van der Waals surface area contributed by atoms with E-state index in [4.69, 9.17) is 19.3 Å². The molecule has 0 amide bonds. The average molecular weight is 238 g/mol. The molecular weight excluding hydrogens is 224 g/mol. The van der Waals surface area contributed by atoms with Crippen LogP contribution >= 0.6 is 0 Å². The highest BCUT2D eigenvalue weighted by Gasteiger charge is 2.20. The summed E-state index contributed by atoms with van der Waals surface area (Å²) in [6, 6.07) is 2.92. The number of benzene rings is 1. The number of carbonyl (C=O) groups is 1. The van der Waals surface area contributed by atoms with Gasteiger partial charge in [0, 0.05) is 0 Å². The van der Waals surface area contributed by atoms with Gasteiger partial charge in [-0.15, -0.1) is 0 Å². The largest absolute Gasteiger partial charge is 0.493 e. The van der Waals surface area contributed by atoms with Crippen LogP contribution in [-0.4, -0.2) is 31.9 Å². The zero-order valence-electron chi connectivity index (χ0n) is 9.73. The van der Waals surface area contributed by atoms with Crippen LogP contribution in [-0.2, 0) is 0 Å². The smallest absolute Gasteiger partial charge is 0.339 e. The van der Waals surface area contributed by atoms with Gasteiger partial charge in [-0.25, -0.2) is 4.79 Å². The lowest BCUT2D eigenvalue weighted by molar-refractivity contribution is 0.0692. The highest BCUT2D eigenvalue weighted by atomic mass is 16.5. The van der Waals surface area contributed by atoms with E-state index in [-0.39, 0.29) is 23.7 Å². The van der Waals surface area contributed by atoms with Crippen molar-refractivity contribution < 1.29 is 24.1 Å². The second kappa shape index (κ2) is 5.79. The number of carboxylic acid groups (broad SMARTS) is 1. The Balaban J connectivity index is 3.31. The van der Waals surface area contributed by atoms with Crippen LogP contribution in [0.15, 0.2) is 24.8 Å². The second-order valence-electron chi connectivity index (χ2n) is 3.08. The van der Waals surface area contributed by atoms with Gasteiger partial charge in [0.1, 0.15) is 12.2 Å². The minimum Gasteiger partial charge on any atom is -0.493 e. The first kappa shape index (κ1) is 12.9. The minimum atomic E-state index is -1.09. The normalized spacial score (nSPS) is 9.53. The molecule has 0 saturated carbocycles. The fourth-order valence-electron chi connectivity index (χ4n) is 1.36. The number of methoxy groups -OCH3 is 2. The third-order valence-electron chi connectivity index (χ3n) is 2.08. The summed E-state index contributed by atoms with van der Waals surface area (Å²) < 4.78 is 15.5. The van der Waals surface area contributed by atoms with Crippen LogP contribution in [0.1, 0.15) is 10.4 Å². The Bertz CT molecular complexity index is 425. The molecule has 0 aromatic heterocycles. The van der Waals surface area contributed by atoms with Crippen LogP contribution < -0.4 is 14.2 Å². The number of hydrogen-bond acceptors (Lipinski definition) is 4. The predicted molar refractivity (Wildman–Crippen MR) is 62.2 cm³/mol. The van der Waals surface area contributed by atoms with Gasteiger partial charge in [-0.05, 0) is 12.1 Å². The molecule has 0 aliphatic rings. The van der Waals surface area contributed by atoms with Crippen molar-refractivity contribution in [1.29, 1.82) is 0 Å². The van der Waals surface area contributed by atoms with Crippen LogP contribution in [0.4, 0.5) is 0 Å². The molecule has 0 aliphatic carbocycles. The summed E-state index contributed by atoms with van der Waals surface area (Å²) in [6.45, 7) is 3.75. The molecule has 92 valence electrons. The Labute approximate surface area is 99.2 Å². The maximum Gasteiger partial charge on any atom is 0.339 e. The van der Waals surface area contributed by atoms with Gasteiger partial charge in [-0.2, -0.15) is 0 Å². The Kier molecular flexibility index (Phi) is 4.39. The number of rotatable bonds is 6. The van der Waals surface area contributed by atoms with Crippen molar-refractivity contribution in [3.05, 3.63) is 30.4 Å². The van der Waals surface area contributed by atoms with E-state index >= 15 is 0 Å². The molecule has 5 heteroatoms. The molecule has 1 aromatic carbocycles. The lowest BCUT2D eigenvalue weighted by Crippen LogP contribution is -2.05. The second-order valence-corrected chi connectivity index (χ2v) is 3.08. The zero-order chi connectivity index (χ0) is 12.8. The molecule has 0 unspecified atom stereocenters. The van der Waals surface area contributed by atoms with Crippen LogP contribution in [0.2, 0.25) is 0 Å². The molecule has 0 bridgehead atoms. The van der Waals surface area contributed by atoms with Gasteiger partial charge >= 0.3 is 5.97 Å². The summed E-state index contributed by atoms with van der Waals surface area (Å²) in [6.07, 6.45) is 1.55. The molecule has 1 N–H and O–H groups in total. The molecule has 1 aromatic rings. The molecule has 0 saturated heterocycles. The maximum absolute atomic E-state index is 11.0. The van der Waals surface area contributed by atoms with E-state index in [1.54, 1.807) is 6.08 Å². The summed E-state index contributed by atoms with van der Waals surface area (Å²) in [4.78, 5) is 11.0. The Morgan fingerprint density at radius 1 is 1.35 bits per heavy atom. The average Bonchev–Trinajstić information content (AvgIpc) is 2.34. The highest BCUT2D eigenvalue weighted by molar-refractivity contribution is 5.92. The first-order valence-corrected chi connectivity index (χ1v) is 4.87. The third kappa shape index (κ3) is 2.69. The van der Waals surface area contributed by atoms with Gasteiger partial charge < -0.3 is 19.3 Å². The molecular formula is C12H14O5. The first-order valence-electron chi connectivity index (χ1n) is 4.87. The highest BCUT2D eigenvalue weighted by Crippen LogP contribution is 2.39. The van der Waals surface area contributed by atoms with E-state index < -0.39 is 5.97 Å². The molecule has 0 heterocycles. The summed E-state index contributed by atoms with van der Waals surface area (Å²) in [7, 11) is 2.85. The van der Waals surface area contributed by atoms with Crippen molar-refractivity contribution in [2.45, 2.75) is 0 Å². The van der Waals surface area contributed by atoms with E-state index in [2.05, 4.69) is 6.58 Å². The molecule has 5 nitrogen and oxygen atoms in total. The van der Waals surface area contributed by atoms with Gasteiger partial charge in [-0.1, -0.05) is 12.7 Å². The van der Waals surface area contributed by atoms with Crippen molar-refractivity contribution in [2.75, 3.05) is 20.8 Å². The Hall–Kier alpha value is -2.17. The van der Waals surface area contributed by atoms with Gasteiger partial charge in [0.25, 0.3) is 0 Å². The fourth-order valence-corrected chi connectivity index (χ4v) is 1.36. The molecule has 0 aliphatic heterocycles. The monoisotopic (exact) mass is 238 g/mol. The number of ether oxygens (including phenoxy) is 3. The molecule has 1 rings (SSSR count). The van der Waals surface area contributed by atoms with Gasteiger partial charge in [0.2, 0.25) is 5.75 Å². The molecule has 17 heavy (non-hydrogen) atoms. The van der Waals surface area contributed by atoms with Crippen LogP contribution in [0, 0.1) is 0 Å². The van der Waals surface area contributed by atoms with E-state index in [0.29, 0.717) is 5.75 Å². The van der Waals surface area contributed by atoms with E-state index in [0.717, 1.165) is 0 Å². The third-order valence-corrected chi connectivity index (χ3v) is 2.08. The van der Waals surface area contributed by atoms with Crippen LogP contribution in [0.25, 0.3) is 0 Å². The van der Waals surface area contributed by atoms with Crippen molar-refractivity contribution >= 4 is 5.97 Å². The van der Waals surface area contributed by atoms with Crippen LogP contribution in [0.5, 0.6) is 17.2 Å². The standard InChI is InChI=1S/C12H14O5/c1-4-7-17-11-9(15-2)6-5-8(12(13)14)10(11)16-3/h4-6H,1,7H2,2-3H3,(H,13,14). The summed E-state index contributed by atoms with van der Waals surface area (Å²) in [5.41, 5.74) is 0.0207. The minimum absolute atomic E-state index is 0.0207. The topological polar surface area (TPSA) is 65.0 Å². The molecule has 0 fully saturated rings.